The van der Waals surface area contributed by atoms with Gasteiger partial charge in [0.15, 0.2) is 0 Å². The van der Waals surface area contributed by atoms with Gasteiger partial charge in [-0.1, -0.05) is 31.0 Å². The molecule has 1 saturated carbocycles. The smallest absolute Gasteiger partial charge is 0.133 e. The number of fused-ring (bicyclic) bond motifs is 1. The van der Waals surface area contributed by atoms with E-state index in [0.29, 0.717) is 12.0 Å². The highest BCUT2D eigenvalue weighted by atomic mass is 15.3. The van der Waals surface area contributed by atoms with Crippen molar-refractivity contribution in [3.8, 4) is 0 Å². The van der Waals surface area contributed by atoms with E-state index >= 15 is 0 Å². The third kappa shape index (κ3) is 1.99. The normalized spacial score (nSPS) is 21.9. The van der Waals surface area contributed by atoms with Gasteiger partial charge in [0.25, 0.3) is 0 Å². The van der Waals surface area contributed by atoms with Crippen LogP contribution in [0, 0.1) is 0 Å². The maximum atomic E-state index is 4.38. The molecule has 1 aliphatic heterocycles. The molecule has 4 rings (SSSR count). The molecule has 0 radical (unpaired) electrons. The number of hydrogen-bond acceptors (Lipinski definition) is 3. The highest BCUT2D eigenvalue weighted by Crippen LogP contribution is 2.35. The van der Waals surface area contributed by atoms with E-state index in [2.05, 4.69) is 44.3 Å². The van der Waals surface area contributed by atoms with Crippen LogP contribution in [0.4, 0.5) is 5.69 Å². The fourth-order valence-corrected chi connectivity index (χ4v) is 3.66. The number of benzene rings is 1. The lowest BCUT2D eigenvalue weighted by Crippen LogP contribution is -2.13. The fraction of sp³-hybridized carbons (Fsp3) is 0.500. The van der Waals surface area contributed by atoms with Gasteiger partial charge in [-0.2, -0.15) is 0 Å². The molecule has 1 aliphatic carbocycles. The van der Waals surface area contributed by atoms with Gasteiger partial charge in [0.05, 0.1) is 0 Å². The Kier molecular flexibility index (Phi) is 2.94. The first-order chi connectivity index (χ1) is 9.92. The Balaban J connectivity index is 1.57. The molecule has 2 heterocycles. The van der Waals surface area contributed by atoms with Gasteiger partial charge in [-0.05, 0) is 24.5 Å². The summed E-state index contributed by atoms with van der Waals surface area (Å²) < 4.78 is 2.33. The van der Waals surface area contributed by atoms with E-state index in [4.69, 9.17) is 0 Å². The van der Waals surface area contributed by atoms with Crippen molar-refractivity contribution in [2.75, 3.05) is 11.9 Å². The minimum atomic E-state index is 0.524. The maximum Gasteiger partial charge on any atom is 0.133 e. The fourth-order valence-electron chi connectivity index (χ4n) is 3.66. The van der Waals surface area contributed by atoms with Crippen LogP contribution in [-0.4, -0.2) is 21.3 Å². The molecule has 104 valence electrons. The van der Waals surface area contributed by atoms with Gasteiger partial charge in [-0.15, -0.1) is 10.2 Å². The van der Waals surface area contributed by atoms with Crippen molar-refractivity contribution < 1.29 is 0 Å². The summed E-state index contributed by atoms with van der Waals surface area (Å²) in [5, 5.41) is 12.0. The van der Waals surface area contributed by atoms with Gasteiger partial charge < -0.3 is 9.88 Å². The van der Waals surface area contributed by atoms with Crippen molar-refractivity contribution >= 4 is 5.69 Å². The summed E-state index contributed by atoms with van der Waals surface area (Å²) in [5.74, 6) is 1.68. The van der Waals surface area contributed by atoms with Gasteiger partial charge in [0, 0.05) is 30.6 Å². The second-order valence-electron chi connectivity index (χ2n) is 5.96. The van der Waals surface area contributed by atoms with Crippen molar-refractivity contribution in [1.29, 1.82) is 0 Å². The molecule has 0 spiro atoms. The molecule has 20 heavy (non-hydrogen) atoms. The lowest BCUT2D eigenvalue weighted by atomic mass is 9.97. The average molecular weight is 268 g/mol. The molecule has 4 nitrogen and oxygen atoms in total. The topological polar surface area (TPSA) is 42.7 Å². The Hall–Kier alpha value is -1.84. The van der Waals surface area contributed by atoms with Crippen LogP contribution < -0.4 is 5.32 Å². The summed E-state index contributed by atoms with van der Waals surface area (Å²) in [6.45, 7) is 1.01. The van der Waals surface area contributed by atoms with E-state index in [-0.39, 0.29) is 0 Å². The van der Waals surface area contributed by atoms with Crippen molar-refractivity contribution in [3.63, 3.8) is 0 Å². The predicted octanol–water partition coefficient (Wildman–Crippen LogP) is 3.15. The zero-order chi connectivity index (χ0) is 13.4. The van der Waals surface area contributed by atoms with Crippen LogP contribution in [0.15, 0.2) is 30.6 Å². The van der Waals surface area contributed by atoms with Crippen molar-refractivity contribution in [1.82, 2.24) is 14.8 Å². The second-order valence-corrected chi connectivity index (χ2v) is 5.96. The van der Waals surface area contributed by atoms with Crippen LogP contribution in [-0.2, 0) is 6.42 Å². The molecule has 1 aromatic carbocycles. The molecule has 0 amide bonds. The molecular formula is C16H20N4. The minimum Gasteiger partial charge on any atom is -0.384 e. The third-order valence-electron chi connectivity index (χ3n) is 4.73. The molecule has 1 unspecified atom stereocenters. The Labute approximate surface area is 119 Å². The predicted molar refractivity (Wildman–Crippen MR) is 78.9 cm³/mol. The SMILES string of the molecule is c1ccc2c(c1)NCC2Cc1nncn1C1CCCC1. The Morgan fingerprint density at radius 3 is 2.95 bits per heavy atom. The molecule has 2 aromatic rings. The number of para-hydroxylation sites is 1. The molecule has 0 bridgehead atoms. The first-order valence-electron chi connectivity index (χ1n) is 7.63. The van der Waals surface area contributed by atoms with E-state index in [1.54, 1.807) is 0 Å². The van der Waals surface area contributed by atoms with Crippen LogP contribution in [0.3, 0.4) is 0 Å². The molecule has 1 atom stereocenters. The van der Waals surface area contributed by atoms with Gasteiger partial charge in [-0.25, -0.2) is 0 Å². The largest absolute Gasteiger partial charge is 0.384 e. The van der Waals surface area contributed by atoms with Gasteiger partial charge >= 0.3 is 0 Å². The first kappa shape index (κ1) is 11.9. The quantitative estimate of drug-likeness (QED) is 0.930. The zero-order valence-corrected chi connectivity index (χ0v) is 11.6. The number of anilines is 1. The minimum absolute atomic E-state index is 0.524. The van der Waals surface area contributed by atoms with Crippen molar-refractivity contribution in [2.45, 2.75) is 44.1 Å². The van der Waals surface area contributed by atoms with Gasteiger partial charge in [-0.3, -0.25) is 0 Å². The second kappa shape index (κ2) is 4.93. The average Bonchev–Trinajstić information content (AvgIpc) is 3.19. The zero-order valence-electron chi connectivity index (χ0n) is 11.6. The number of nitrogens with one attached hydrogen (secondary N) is 1. The molecule has 0 saturated heterocycles. The number of aromatic nitrogens is 3. The number of nitrogens with zero attached hydrogens (tertiary/aromatic N) is 3. The van der Waals surface area contributed by atoms with Crippen molar-refractivity contribution in [2.24, 2.45) is 0 Å². The van der Waals surface area contributed by atoms with E-state index in [1.807, 2.05) is 6.33 Å². The molecular weight excluding hydrogens is 248 g/mol. The standard InChI is InChI=1S/C16H20N4/c1-2-6-13(5-1)20-11-18-19-16(20)9-12-10-17-15-8-4-3-7-14(12)15/h3-4,7-8,11-13,17H,1-2,5-6,9-10H2. The van der Waals surface area contributed by atoms with Gasteiger partial charge in [0.2, 0.25) is 0 Å². The van der Waals surface area contributed by atoms with Crippen LogP contribution >= 0.6 is 0 Å². The number of rotatable bonds is 3. The van der Waals surface area contributed by atoms with Crippen LogP contribution in [0.1, 0.15) is 49.0 Å². The monoisotopic (exact) mass is 268 g/mol. The maximum absolute atomic E-state index is 4.38. The van der Waals surface area contributed by atoms with Gasteiger partial charge in [0.1, 0.15) is 12.2 Å². The molecule has 1 fully saturated rings. The lowest BCUT2D eigenvalue weighted by Gasteiger charge is -2.16. The summed E-state index contributed by atoms with van der Waals surface area (Å²) in [5.41, 5.74) is 2.71. The van der Waals surface area contributed by atoms with Crippen LogP contribution in [0.2, 0.25) is 0 Å². The molecule has 1 N–H and O–H groups in total. The summed E-state index contributed by atoms with van der Waals surface area (Å²) in [7, 11) is 0. The van der Waals surface area contributed by atoms with Crippen molar-refractivity contribution in [3.05, 3.63) is 42.0 Å². The summed E-state index contributed by atoms with van der Waals surface area (Å²) >= 11 is 0. The Morgan fingerprint density at radius 2 is 2.05 bits per heavy atom. The summed E-state index contributed by atoms with van der Waals surface area (Å²) in [6, 6.07) is 9.24. The molecule has 2 aliphatic rings. The van der Waals surface area contributed by atoms with E-state index in [1.165, 1.54) is 36.9 Å². The summed E-state index contributed by atoms with van der Waals surface area (Å²) in [4.78, 5) is 0. The molecule has 4 heteroatoms. The van der Waals surface area contributed by atoms with E-state index < -0.39 is 0 Å². The van der Waals surface area contributed by atoms with E-state index in [9.17, 15) is 0 Å². The summed E-state index contributed by atoms with van der Waals surface area (Å²) in [6.07, 6.45) is 8.17. The molecule has 1 aromatic heterocycles. The first-order valence-corrected chi connectivity index (χ1v) is 7.63. The lowest BCUT2D eigenvalue weighted by molar-refractivity contribution is 0.489. The Bertz CT molecular complexity index is 598. The number of hydrogen-bond donors (Lipinski definition) is 1. The Morgan fingerprint density at radius 1 is 1.20 bits per heavy atom. The van der Waals surface area contributed by atoms with Crippen LogP contribution in [0.25, 0.3) is 0 Å². The highest BCUT2D eigenvalue weighted by molar-refractivity contribution is 5.57. The third-order valence-corrected chi connectivity index (χ3v) is 4.73. The van der Waals surface area contributed by atoms with E-state index in [0.717, 1.165) is 18.8 Å². The highest BCUT2D eigenvalue weighted by Gasteiger charge is 2.26. The van der Waals surface area contributed by atoms with Crippen LogP contribution in [0.5, 0.6) is 0 Å².